The summed E-state index contributed by atoms with van der Waals surface area (Å²) in [5, 5.41) is 13.2. The van der Waals surface area contributed by atoms with Crippen LogP contribution in [0.25, 0.3) is 0 Å². The zero-order valence-electron chi connectivity index (χ0n) is 15.2. The topological polar surface area (TPSA) is 74.6 Å². The molecule has 144 valence electrons. The van der Waals surface area contributed by atoms with E-state index in [4.69, 9.17) is 21.1 Å². The minimum absolute atomic E-state index is 0.0524. The van der Waals surface area contributed by atoms with Crippen molar-refractivity contribution in [2.75, 3.05) is 25.0 Å². The molecule has 2 aliphatic heterocycles. The fourth-order valence-corrected chi connectivity index (χ4v) is 3.79. The molecule has 7 heteroatoms. The molecule has 1 amide bonds. The van der Waals surface area contributed by atoms with Gasteiger partial charge in [-0.2, -0.15) is 5.26 Å². The summed E-state index contributed by atoms with van der Waals surface area (Å²) in [6.07, 6.45) is 0.922. The first-order chi connectivity index (χ1) is 13.7. The Morgan fingerprint density at radius 2 is 1.89 bits per heavy atom. The summed E-state index contributed by atoms with van der Waals surface area (Å²) in [7, 11) is 0. The summed E-state index contributed by atoms with van der Waals surface area (Å²) < 4.78 is 11.5. The summed E-state index contributed by atoms with van der Waals surface area (Å²) in [6, 6.07) is 15.0. The standard InChI is InChI=1S/C21H20ClN3O3/c22-16-5-3-4-14(12-23)20(16)24-15-8-10-25(11-9-15)21(26)19-13-27-17-6-1-2-7-18(17)28-19/h1-7,15,19,24H,8-11,13H2. The molecule has 0 spiro atoms. The van der Waals surface area contributed by atoms with Gasteiger partial charge in [0.25, 0.3) is 5.91 Å². The van der Waals surface area contributed by atoms with Crippen molar-refractivity contribution in [3.8, 4) is 17.6 Å². The number of hydrogen-bond acceptors (Lipinski definition) is 5. The van der Waals surface area contributed by atoms with Crippen molar-refractivity contribution in [2.24, 2.45) is 0 Å². The third-order valence-corrected chi connectivity index (χ3v) is 5.39. The molecule has 2 aliphatic rings. The number of nitrogens with one attached hydrogen (secondary N) is 1. The molecule has 2 aromatic carbocycles. The highest BCUT2D eigenvalue weighted by Crippen LogP contribution is 2.32. The molecule has 1 unspecified atom stereocenters. The number of rotatable bonds is 3. The molecule has 0 saturated carbocycles. The van der Waals surface area contributed by atoms with Crippen molar-refractivity contribution in [2.45, 2.75) is 25.0 Å². The van der Waals surface area contributed by atoms with Crippen LogP contribution in [-0.4, -0.2) is 42.6 Å². The van der Waals surface area contributed by atoms with Gasteiger partial charge in [-0.25, -0.2) is 0 Å². The zero-order chi connectivity index (χ0) is 19.5. The van der Waals surface area contributed by atoms with Gasteiger partial charge in [0, 0.05) is 19.1 Å². The Morgan fingerprint density at radius 1 is 1.14 bits per heavy atom. The third kappa shape index (κ3) is 3.71. The molecule has 2 heterocycles. The number of ether oxygens (including phenoxy) is 2. The van der Waals surface area contributed by atoms with Crippen molar-refractivity contribution in [1.82, 2.24) is 4.90 Å². The van der Waals surface area contributed by atoms with E-state index in [1.807, 2.05) is 23.1 Å². The van der Waals surface area contributed by atoms with E-state index >= 15 is 0 Å². The van der Waals surface area contributed by atoms with E-state index in [9.17, 15) is 10.1 Å². The van der Waals surface area contributed by atoms with E-state index in [2.05, 4.69) is 11.4 Å². The quantitative estimate of drug-likeness (QED) is 0.858. The average Bonchev–Trinajstić information content (AvgIpc) is 2.75. The lowest BCUT2D eigenvalue weighted by molar-refractivity contribution is -0.142. The number of halogens is 1. The zero-order valence-corrected chi connectivity index (χ0v) is 16.0. The lowest BCUT2D eigenvalue weighted by Gasteiger charge is -2.36. The highest BCUT2D eigenvalue weighted by molar-refractivity contribution is 6.33. The lowest BCUT2D eigenvalue weighted by Crippen LogP contribution is -2.50. The predicted octanol–water partition coefficient (Wildman–Crippen LogP) is 3.45. The van der Waals surface area contributed by atoms with E-state index in [0.29, 0.717) is 40.9 Å². The van der Waals surface area contributed by atoms with Crippen molar-refractivity contribution >= 4 is 23.2 Å². The molecule has 28 heavy (non-hydrogen) atoms. The number of nitrogens with zero attached hydrogens (tertiary/aromatic N) is 2. The maximum absolute atomic E-state index is 12.8. The minimum Gasteiger partial charge on any atom is -0.485 e. The second-order valence-electron chi connectivity index (χ2n) is 6.88. The minimum atomic E-state index is -0.617. The number of amides is 1. The van der Waals surface area contributed by atoms with Gasteiger partial charge in [0.15, 0.2) is 11.5 Å². The number of para-hydroxylation sites is 3. The maximum atomic E-state index is 12.8. The molecule has 1 saturated heterocycles. The fraction of sp³-hybridized carbons (Fsp3) is 0.333. The molecule has 0 bridgehead atoms. The molecule has 0 radical (unpaired) electrons. The van der Waals surface area contributed by atoms with Gasteiger partial charge in [-0.05, 0) is 37.1 Å². The molecule has 1 atom stereocenters. The summed E-state index contributed by atoms with van der Waals surface area (Å²) in [5.74, 6) is 1.22. The van der Waals surface area contributed by atoms with E-state index in [-0.39, 0.29) is 18.6 Å². The van der Waals surface area contributed by atoms with Gasteiger partial charge < -0.3 is 19.7 Å². The number of carbonyl (C=O) groups is 1. The fourth-order valence-electron chi connectivity index (χ4n) is 3.56. The van der Waals surface area contributed by atoms with Crippen LogP contribution >= 0.6 is 11.6 Å². The van der Waals surface area contributed by atoms with Gasteiger partial charge in [-0.3, -0.25) is 4.79 Å². The normalized spacial score (nSPS) is 19.0. The molecule has 1 N–H and O–H groups in total. The van der Waals surface area contributed by atoms with Crippen LogP contribution in [-0.2, 0) is 4.79 Å². The lowest BCUT2D eigenvalue weighted by atomic mass is 10.0. The number of nitriles is 1. The highest BCUT2D eigenvalue weighted by Gasteiger charge is 2.33. The summed E-state index contributed by atoms with van der Waals surface area (Å²) >= 11 is 6.24. The van der Waals surface area contributed by atoms with Gasteiger partial charge in [-0.15, -0.1) is 0 Å². The number of carbonyl (C=O) groups excluding carboxylic acids is 1. The molecular weight excluding hydrogens is 378 g/mol. The van der Waals surface area contributed by atoms with Crippen LogP contribution in [0, 0.1) is 11.3 Å². The van der Waals surface area contributed by atoms with Crippen molar-refractivity contribution in [3.63, 3.8) is 0 Å². The van der Waals surface area contributed by atoms with Crippen LogP contribution in [0.5, 0.6) is 11.5 Å². The first-order valence-electron chi connectivity index (χ1n) is 9.28. The van der Waals surface area contributed by atoms with Crippen molar-refractivity contribution in [1.29, 1.82) is 5.26 Å². The molecule has 0 aliphatic carbocycles. The Balaban J connectivity index is 1.35. The Hall–Kier alpha value is -2.91. The van der Waals surface area contributed by atoms with Gasteiger partial charge in [0.2, 0.25) is 6.10 Å². The number of fused-ring (bicyclic) bond motifs is 1. The Bertz CT molecular complexity index is 919. The first kappa shape index (κ1) is 18.5. The van der Waals surface area contributed by atoms with E-state index in [1.165, 1.54) is 0 Å². The van der Waals surface area contributed by atoms with Gasteiger partial charge in [0.05, 0.1) is 16.3 Å². The SMILES string of the molecule is N#Cc1cccc(Cl)c1NC1CCN(C(=O)C2COc3ccccc3O2)CC1. The van der Waals surface area contributed by atoms with Crippen LogP contribution in [0.3, 0.4) is 0 Å². The van der Waals surface area contributed by atoms with Crippen LogP contribution in [0.1, 0.15) is 18.4 Å². The van der Waals surface area contributed by atoms with Crippen LogP contribution in [0.4, 0.5) is 5.69 Å². The third-order valence-electron chi connectivity index (χ3n) is 5.07. The van der Waals surface area contributed by atoms with Gasteiger partial charge >= 0.3 is 0 Å². The largest absolute Gasteiger partial charge is 0.485 e. The highest BCUT2D eigenvalue weighted by atomic mass is 35.5. The summed E-state index contributed by atoms with van der Waals surface area (Å²) in [6.45, 7) is 1.45. The molecule has 6 nitrogen and oxygen atoms in total. The van der Waals surface area contributed by atoms with Crippen molar-refractivity contribution < 1.29 is 14.3 Å². The molecule has 2 aromatic rings. The van der Waals surface area contributed by atoms with Gasteiger partial charge in [-0.1, -0.05) is 29.8 Å². The van der Waals surface area contributed by atoms with Crippen LogP contribution in [0.15, 0.2) is 42.5 Å². The smallest absolute Gasteiger partial charge is 0.267 e. The number of anilines is 1. The van der Waals surface area contributed by atoms with E-state index in [1.54, 1.807) is 24.3 Å². The summed E-state index contributed by atoms with van der Waals surface area (Å²) in [5.41, 5.74) is 1.19. The number of piperidine rings is 1. The predicted molar refractivity (Wildman–Crippen MR) is 106 cm³/mol. The molecule has 4 rings (SSSR count). The van der Waals surface area contributed by atoms with E-state index in [0.717, 1.165) is 12.8 Å². The Kier molecular flexibility index (Phi) is 5.27. The monoisotopic (exact) mass is 397 g/mol. The van der Waals surface area contributed by atoms with Crippen molar-refractivity contribution in [3.05, 3.63) is 53.1 Å². The van der Waals surface area contributed by atoms with Crippen LogP contribution < -0.4 is 14.8 Å². The summed E-state index contributed by atoms with van der Waals surface area (Å²) in [4.78, 5) is 14.6. The first-order valence-corrected chi connectivity index (χ1v) is 9.66. The van der Waals surface area contributed by atoms with E-state index < -0.39 is 6.10 Å². The molecule has 1 fully saturated rings. The number of hydrogen-bond donors (Lipinski definition) is 1. The molecule has 0 aromatic heterocycles. The average molecular weight is 398 g/mol. The Labute approximate surface area is 168 Å². The second kappa shape index (κ2) is 7.99. The second-order valence-corrected chi connectivity index (χ2v) is 7.29. The maximum Gasteiger partial charge on any atom is 0.267 e. The Morgan fingerprint density at radius 3 is 2.64 bits per heavy atom. The number of benzene rings is 2. The molecular formula is C21H20ClN3O3. The van der Waals surface area contributed by atoms with Crippen LogP contribution in [0.2, 0.25) is 5.02 Å². The van der Waals surface area contributed by atoms with Gasteiger partial charge in [0.1, 0.15) is 12.7 Å². The number of likely N-dealkylation sites (tertiary alicyclic amines) is 1.